The molecule has 1 atom stereocenters. The second kappa shape index (κ2) is 15.8. The molecule has 3 aromatic carbocycles. The van der Waals surface area contributed by atoms with Crippen LogP contribution in [0.5, 0.6) is 17.2 Å². The smallest absolute Gasteiger partial charge is 0.220 e. The summed E-state index contributed by atoms with van der Waals surface area (Å²) in [6, 6.07) is 17.5. The molecule has 0 saturated carbocycles. The topological polar surface area (TPSA) is 118 Å². The van der Waals surface area contributed by atoms with Crippen LogP contribution in [0.1, 0.15) is 61.8 Å². The number of anilines is 1. The molecule has 1 heterocycles. The number of methoxy groups -OCH3 is 3. The maximum absolute atomic E-state index is 13.5. The summed E-state index contributed by atoms with van der Waals surface area (Å²) in [5.74, 6) is 1.37. The predicted octanol–water partition coefficient (Wildman–Crippen LogP) is 4.84. The summed E-state index contributed by atoms with van der Waals surface area (Å²) in [6.07, 6.45) is 4.05. The molecule has 2 amide bonds. The van der Waals surface area contributed by atoms with Gasteiger partial charge in [0.1, 0.15) is 0 Å². The first-order valence-corrected chi connectivity index (χ1v) is 16.4. The van der Waals surface area contributed by atoms with E-state index in [0.717, 1.165) is 49.2 Å². The highest BCUT2D eigenvalue weighted by Gasteiger charge is 2.29. The average molecular weight is 643 g/mol. The number of amides is 2. The lowest BCUT2D eigenvalue weighted by Gasteiger charge is -2.32. The van der Waals surface area contributed by atoms with Crippen molar-refractivity contribution < 1.29 is 23.8 Å². The number of hydrogen-bond acceptors (Lipinski definition) is 8. The minimum atomic E-state index is -0.376. The summed E-state index contributed by atoms with van der Waals surface area (Å²) in [5, 5.41) is 9.48. The number of carbonyl (C=O) groups excluding carboxylic acids is 2. The molecule has 3 aromatic rings. The van der Waals surface area contributed by atoms with Gasteiger partial charge in [0.2, 0.25) is 23.0 Å². The van der Waals surface area contributed by atoms with Crippen molar-refractivity contribution in [2.75, 3.05) is 46.3 Å². The Kier molecular flexibility index (Phi) is 11.4. The molecule has 0 radical (unpaired) electrons. The number of nitrogens with zero attached hydrogens (tertiary/aromatic N) is 1. The molecular formula is C37H46N4O6. The average Bonchev–Trinajstić information content (AvgIpc) is 3.31. The van der Waals surface area contributed by atoms with Gasteiger partial charge in [-0.1, -0.05) is 36.4 Å². The van der Waals surface area contributed by atoms with Crippen molar-refractivity contribution in [2.24, 2.45) is 0 Å². The zero-order valence-electron chi connectivity index (χ0n) is 27.8. The molecule has 5 rings (SSSR count). The fourth-order valence-corrected chi connectivity index (χ4v) is 6.70. The SMILES string of the molecule is COc1cc2c(c(OC)c1OC)-c1ccc(NCCCC(=O)NC3CCN(Cc4ccccc4)CC3)c(=O)cc1[C@@H](NC(C)=O)CC2. The molecule has 1 aliphatic heterocycles. The van der Waals surface area contributed by atoms with Crippen LogP contribution in [0.4, 0.5) is 5.69 Å². The number of rotatable bonds is 12. The largest absolute Gasteiger partial charge is 0.493 e. The van der Waals surface area contributed by atoms with Gasteiger partial charge in [0, 0.05) is 51.1 Å². The van der Waals surface area contributed by atoms with E-state index in [4.69, 9.17) is 14.2 Å². The van der Waals surface area contributed by atoms with Crippen molar-refractivity contribution in [3.8, 4) is 28.4 Å². The van der Waals surface area contributed by atoms with Crippen LogP contribution in [0.15, 0.2) is 59.4 Å². The molecule has 3 N–H and O–H groups in total. The molecule has 1 aliphatic carbocycles. The molecule has 250 valence electrons. The van der Waals surface area contributed by atoms with E-state index in [9.17, 15) is 14.4 Å². The van der Waals surface area contributed by atoms with Gasteiger partial charge in [0.05, 0.1) is 33.1 Å². The third-order valence-corrected chi connectivity index (χ3v) is 9.01. The summed E-state index contributed by atoms with van der Waals surface area (Å²) in [6.45, 7) is 4.80. The van der Waals surface area contributed by atoms with Crippen LogP contribution in [0.2, 0.25) is 0 Å². The lowest BCUT2D eigenvalue weighted by atomic mass is 9.95. The Morgan fingerprint density at radius 3 is 2.32 bits per heavy atom. The number of benzene rings is 2. The van der Waals surface area contributed by atoms with E-state index in [0.29, 0.717) is 60.7 Å². The number of likely N-dealkylation sites (tertiary alicyclic amines) is 1. The lowest BCUT2D eigenvalue weighted by Crippen LogP contribution is -2.44. The maximum atomic E-state index is 13.5. The molecule has 2 aliphatic rings. The van der Waals surface area contributed by atoms with Crippen molar-refractivity contribution in [1.82, 2.24) is 15.5 Å². The van der Waals surface area contributed by atoms with Gasteiger partial charge in [-0.3, -0.25) is 19.3 Å². The van der Waals surface area contributed by atoms with Crippen LogP contribution in [-0.2, 0) is 22.6 Å². The zero-order chi connectivity index (χ0) is 33.3. The minimum absolute atomic E-state index is 0.0345. The van der Waals surface area contributed by atoms with Gasteiger partial charge < -0.3 is 30.2 Å². The van der Waals surface area contributed by atoms with Crippen LogP contribution in [0.25, 0.3) is 11.1 Å². The quantitative estimate of drug-likeness (QED) is 0.241. The highest BCUT2D eigenvalue weighted by molar-refractivity contribution is 5.84. The summed E-state index contributed by atoms with van der Waals surface area (Å²) >= 11 is 0. The lowest BCUT2D eigenvalue weighted by molar-refractivity contribution is -0.122. The van der Waals surface area contributed by atoms with E-state index >= 15 is 0 Å². The van der Waals surface area contributed by atoms with Crippen LogP contribution in [0, 0.1) is 0 Å². The highest BCUT2D eigenvalue weighted by atomic mass is 16.5. The van der Waals surface area contributed by atoms with E-state index in [1.54, 1.807) is 33.5 Å². The van der Waals surface area contributed by atoms with Gasteiger partial charge in [-0.25, -0.2) is 0 Å². The van der Waals surface area contributed by atoms with Gasteiger partial charge in [0.15, 0.2) is 11.5 Å². The van der Waals surface area contributed by atoms with Crippen molar-refractivity contribution in [1.29, 1.82) is 0 Å². The number of nitrogens with one attached hydrogen (secondary N) is 3. The molecular weight excluding hydrogens is 596 g/mol. The fourth-order valence-electron chi connectivity index (χ4n) is 6.70. The van der Waals surface area contributed by atoms with Crippen molar-refractivity contribution in [2.45, 2.75) is 64.1 Å². The normalized spacial score (nSPS) is 16.2. The van der Waals surface area contributed by atoms with Crippen LogP contribution in [-0.4, -0.2) is 63.7 Å². The molecule has 0 bridgehead atoms. The summed E-state index contributed by atoms with van der Waals surface area (Å²) in [5.41, 5.74) is 4.78. The van der Waals surface area contributed by atoms with E-state index in [1.807, 2.05) is 18.2 Å². The van der Waals surface area contributed by atoms with E-state index in [-0.39, 0.29) is 29.3 Å². The summed E-state index contributed by atoms with van der Waals surface area (Å²) in [7, 11) is 4.72. The number of carbonyl (C=O) groups is 2. The molecule has 0 aromatic heterocycles. The summed E-state index contributed by atoms with van der Waals surface area (Å²) in [4.78, 5) is 40.9. The standard InChI is InChI=1S/C37H46N4O6/c1-24(42)39-30-14-12-26-21-33(45-2)36(46-3)37(47-4)35(26)28-13-15-31(32(43)22-29(28)30)38-18-8-11-34(44)40-27-16-19-41(20-17-27)23-25-9-6-5-7-10-25/h5-7,9-10,13,15,21-22,27,30H,8,11-12,14,16-20,23H2,1-4H3,(H,38,43)(H,39,42)(H,40,44)/t30-/m0/s1. The Balaban J connectivity index is 1.25. The number of fused-ring (bicyclic) bond motifs is 3. The molecule has 10 heteroatoms. The highest BCUT2D eigenvalue weighted by Crippen LogP contribution is 2.50. The fraction of sp³-hybridized carbons (Fsp3) is 0.432. The molecule has 0 spiro atoms. The number of piperidine rings is 1. The Hall–Kier alpha value is -4.57. The van der Waals surface area contributed by atoms with E-state index in [1.165, 1.54) is 12.5 Å². The third-order valence-electron chi connectivity index (χ3n) is 9.01. The Morgan fingerprint density at radius 2 is 1.64 bits per heavy atom. The molecule has 0 unspecified atom stereocenters. The third kappa shape index (κ3) is 8.24. The Morgan fingerprint density at radius 1 is 0.894 bits per heavy atom. The predicted molar refractivity (Wildman–Crippen MR) is 183 cm³/mol. The first-order chi connectivity index (χ1) is 22.8. The molecule has 1 fully saturated rings. The monoisotopic (exact) mass is 642 g/mol. The summed E-state index contributed by atoms with van der Waals surface area (Å²) < 4.78 is 17.1. The first-order valence-electron chi connectivity index (χ1n) is 16.4. The number of aryl methyl sites for hydroxylation is 1. The first kappa shape index (κ1) is 33.8. The second-order valence-corrected chi connectivity index (χ2v) is 12.2. The van der Waals surface area contributed by atoms with Gasteiger partial charge in [0.25, 0.3) is 0 Å². The van der Waals surface area contributed by atoms with Crippen molar-refractivity contribution in [3.05, 3.63) is 81.5 Å². The maximum Gasteiger partial charge on any atom is 0.220 e. The minimum Gasteiger partial charge on any atom is -0.493 e. The van der Waals surface area contributed by atoms with Gasteiger partial charge in [-0.2, -0.15) is 0 Å². The zero-order valence-corrected chi connectivity index (χ0v) is 27.8. The van der Waals surface area contributed by atoms with Crippen LogP contribution in [0.3, 0.4) is 0 Å². The van der Waals surface area contributed by atoms with Crippen molar-refractivity contribution in [3.63, 3.8) is 0 Å². The second-order valence-electron chi connectivity index (χ2n) is 12.2. The van der Waals surface area contributed by atoms with Gasteiger partial charge in [-0.05, 0) is 72.6 Å². The Bertz CT molecular complexity index is 1620. The van der Waals surface area contributed by atoms with Gasteiger partial charge >= 0.3 is 0 Å². The van der Waals surface area contributed by atoms with Crippen LogP contribution < -0.4 is 35.6 Å². The Labute approximate surface area is 276 Å². The van der Waals surface area contributed by atoms with E-state index < -0.39 is 0 Å². The number of hydrogen-bond donors (Lipinski definition) is 3. The molecule has 47 heavy (non-hydrogen) atoms. The molecule has 1 saturated heterocycles. The van der Waals surface area contributed by atoms with Gasteiger partial charge in [-0.15, -0.1) is 0 Å². The number of ether oxygens (including phenoxy) is 3. The van der Waals surface area contributed by atoms with Crippen molar-refractivity contribution >= 4 is 17.5 Å². The molecule has 10 nitrogen and oxygen atoms in total. The van der Waals surface area contributed by atoms with E-state index in [2.05, 4.69) is 45.1 Å². The van der Waals surface area contributed by atoms with Crippen LogP contribution >= 0.6 is 0 Å².